The van der Waals surface area contributed by atoms with Crippen LogP contribution in [0.15, 0.2) is 46.9 Å². The van der Waals surface area contributed by atoms with Crippen LogP contribution in [0.25, 0.3) is 0 Å². The van der Waals surface area contributed by atoms with Gasteiger partial charge in [0, 0.05) is 5.69 Å². The number of nitrogens with one attached hydrogen (secondary N) is 2. The number of benzene rings is 1. The number of furan rings is 1. The van der Waals surface area contributed by atoms with E-state index in [1.54, 1.807) is 12.1 Å². The number of para-hydroxylation sites is 1. The van der Waals surface area contributed by atoms with E-state index in [4.69, 9.17) is 16.0 Å². The molecule has 0 atom stereocenters. The van der Waals surface area contributed by atoms with Gasteiger partial charge in [0.25, 0.3) is 0 Å². The van der Waals surface area contributed by atoms with Crippen molar-refractivity contribution in [2.24, 2.45) is 0 Å². The van der Waals surface area contributed by atoms with Crippen molar-refractivity contribution in [3.8, 4) is 0 Å². The summed E-state index contributed by atoms with van der Waals surface area (Å²) in [5, 5.41) is 5.66. The molecule has 1 aromatic carbocycles. The Bertz CT molecular complexity index is 496. The SMILES string of the molecule is O=C(NCc1ccc(Cl)o1)Nc1ccccc1. The molecule has 0 saturated carbocycles. The second kappa shape index (κ2) is 5.41. The number of carbonyl (C=O) groups excluding carboxylic acids is 1. The summed E-state index contributed by atoms with van der Waals surface area (Å²) in [4.78, 5) is 11.5. The molecule has 4 nitrogen and oxygen atoms in total. The van der Waals surface area contributed by atoms with Crippen molar-refractivity contribution in [1.29, 1.82) is 0 Å². The van der Waals surface area contributed by atoms with Crippen LogP contribution in [0.1, 0.15) is 5.76 Å². The Labute approximate surface area is 104 Å². The van der Waals surface area contributed by atoms with Crippen molar-refractivity contribution in [2.45, 2.75) is 6.54 Å². The minimum atomic E-state index is -0.288. The molecule has 88 valence electrons. The third-order valence-electron chi connectivity index (χ3n) is 2.08. The molecule has 0 bridgehead atoms. The molecule has 1 heterocycles. The van der Waals surface area contributed by atoms with E-state index in [1.807, 2.05) is 30.3 Å². The number of urea groups is 1. The molecule has 1 aromatic heterocycles. The van der Waals surface area contributed by atoms with Gasteiger partial charge >= 0.3 is 6.03 Å². The predicted molar refractivity (Wildman–Crippen MR) is 66.0 cm³/mol. The van der Waals surface area contributed by atoms with Gasteiger partial charge in [-0.15, -0.1) is 0 Å². The van der Waals surface area contributed by atoms with E-state index in [0.717, 1.165) is 5.69 Å². The Morgan fingerprint density at radius 1 is 1.18 bits per heavy atom. The first-order valence-electron chi connectivity index (χ1n) is 5.08. The fraction of sp³-hybridized carbons (Fsp3) is 0.0833. The smallest absolute Gasteiger partial charge is 0.319 e. The Morgan fingerprint density at radius 3 is 2.59 bits per heavy atom. The van der Waals surface area contributed by atoms with Crippen molar-refractivity contribution in [2.75, 3.05) is 5.32 Å². The lowest BCUT2D eigenvalue weighted by atomic mass is 10.3. The first-order chi connectivity index (χ1) is 8.24. The fourth-order valence-corrected chi connectivity index (χ4v) is 1.47. The predicted octanol–water partition coefficient (Wildman–Crippen LogP) is 3.25. The number of hydrogen-bond donors (Lipinski definition) is 2. The molecule has 2 amide bonds. The zero-order valence-electron chi connectivity index (χ0n) is 8.94. The van der Waals surface area contributed by atoms with Crippen LogP contribution in [0.5, 0.6) is 0 Å². The molecule has 2 rings (SSSR count). The number of rotatable bonds is 3. The van der Waals surface area contributed by atoms with Gasteiger partial charge in [-0.2, -0.15) is 0 Å². The van der Waals surface area contributed by atoms with Crippen LogP contribution in [-0.4, -0.2) is 6.03 Å². The van der Waals surface area contributed by atoms with Gasteiger partial charge in [-0.25, -0.2) is 4.79 Å². The Kier molecular flexibility index (Phi) is 3.67. The van der Waals surface area contributed by atoms with E-state index in [1.165, 1.54) is 0 Å². The second-order valence-corrected chi connectivity index (χ2v) is 3.75. The standard InChI is InChI=1S/C12H11ClN2O2/c13-11-7-6-10(17-11)8-14-12(16)15-9-4-2-1-3-5-9/h1-7H,8H2,(H2,14,15,16). The van der Waals surface area contributed by atoms with E-state index in [0.29, 0.717) is 17.5 Å². The van der Waals surface area contributed by atoms with Gasteiger partial charge in [0.1, 0.15) is 5.76 Å². The maximum atomic E-state index is 11.5. The quantitative estimate of drug-likeness (QED) is 0.879. The summed E-state index contributed by atoms with van der Waals surface area (Å²) in [6, 6.07) is 12.3. The van der Waals surface area contributed by atoms with Gasteiger partial charge in [-0.05, 0) is 35.9 Å². The summed E-state index contributed by atoms with van der Waals surface area (Å²) < 4.78 is 5.11. The molecule has 0 unspecified atom stereocenters. The largest absolute Gasteiger partial charge is 0.448 e. The Hall–Kier alpha value is -1.94. The summed E-state index contributed by atoms with van der Waals surface area (Å²) in [5.41, 5.74) is 0.738. The third kappa shape index (κ3) is 3.53. The van der Waals surface area contributed by atoms with Crippen LogP contribution in [0.4, 0.5) is 10.5 Å². The number of amides is 2. The molecular weight excluding hydrogens is 240 g/mol. The molecule has 0 saturated heterocycles. The highest BCUT2D eigenvalue weighted by molar-refractivity contribution is 6.28. The van der Waals surface area contributed by atoms with Crippen LogP contribution in [0.3, 0.4) is 0 Å². The van der Waals surface area contributed by atoms with Gasteiger partial charge < -0.3 is 15.1 Å². The molecular formula is C12H11ClN2O2. The number of anilines is 1. The summed E-state index contributed by atoms with van der Waals surface area (Å²) in [6.07, 6.45) is 0. The Balaban J connectivity index is 1.82. The topological polar surface area (TPSA) is 54.3 Å². The highest BCUT2D eigenvalue weighted by Gasteiger charge is 2.03. The lowest BCUT2D eigenvalue weighted by Gasteiger charge is -2.05. The van der Waals surface area contributed by atoms with Crippen LogP contribution < -0.4 is 10.6 Å². The molecule has 2 aromatic rings. The van der Waals surface area contributed by atoms with Gasteiger partial charge in [-0.3, -0.25) is 0 Å². The maximum absolute atomic E-state index is 11.5. The highest BCUT2D eigenvalue weighted by atomic mass is 35.5. The van der Waals surface area contributed by atoms with Gasteiger partial charge in [-0.1, -0.05) is 18.2 Å². The van der Waals surface area contributed by atoms with Crippen molar-refractivity contribution in [3.63, 3.8) is 0 Å². The average molecular weight is 251 g/mol. The van der Waals surface area contributed by atoms with E-state index in [9.17, 15) is 4.79 Å². The van der Waals surface area contributed by atoms with Crippen molar-refractivity contribution in [3.05, 3.63) is 53.4 Å². The molecule has 0 spiro atoms. The van der Waals surface area contributed by atoms with Crippen molar-refractivity contribution >= 4 is 23.3 Å². The van der Waals surface area contributed by atoms with E-state index in [2.05, 4.69) is 10.6 Å². The third-order valence-corrected chi connectivity index (χ3v) is 2.29. The monoisotopic (exact) mass is 250 g/mol. The molecule has 0 aliphatic carbocycles. The normalized spacial score (nSPS) is 9.94. The summed E-state index contributed by atoms with van der Waals surface area (Å²) in [5.74, 6) is 0.609. The highest BCUT2D eigenvalue weighted by Crippen LogP contribution is 2.12. The van der Waals surface area contributed by atoms with E-state index < -0.39 is 0 Å². The first kappa shape index (κ1) is 11.5. The van der Waals surface area contributed by atoms with Gasteiger partial charge in [0.05, 0.1) is 6.54 Å². The zero-order chi connectivity index (χ0) is 12.1. The number of carbonyl (C=O) groups is 1. The molecule has 2 N–H and O–H groups in total. The molecule has 0 aliphatic rings. The Morgan fingerprint density at radius 2 is 1.94 bits per heavy atom. The first-order valence-corrected chi connectivity index (χ1v) is 5.46. The van der Waals surface area contributed by atoms with Crippen molar-refractivity contribution in [1.82, 2.24) is 5.32 Å². The molecule has 0 aliphatic heterocycles. The summed E-state index contributed by atoms with van der Waals surface area (Å²) in [6.45, 7) is 0.297. The van der Waals surface area contributed by atoms with Crippen LogP contribution in [-0.2, 0) is 6.54 Å². The van der Waals surface area contributed by atoms with Crippen LogP contribution in [0, 0.1) is 0 Å². The average Bonchev–Trinajstić information content (AvgIpc) is 2.74. The number of hydrogen-bond acceptors (Lipinski definition) is 2. The lowest BCUT2D eigenvalue weighted by molar-refractivity contribution is 0.251. The van der Waals surface area contributed by atoms with Gasteiger partial charge in [0.2, 0.25) is 0 Å². The van der Waals surface area contributed by atoms with Crippen LogP contribution in [0.2, 0.25) is 5.22 Å². The van der Waals surface area contributed by atoms with E-state index >= 15 is 0 Å². The molecule has 17 heavy (non-hydrogen) atoms. The number of halogens is 1. The van der Waals surface area contributed by atoms with E-state index in [-0.39, 0.29) is 6.03 Å². The summed E-state index contributed by atoms with van der Waals surface area (Å²) >= 11 is 5.61. The lowest BCUT2D eigenvalue weighted by Crippen LogP contribution is -2.27. The summed E-state index contributed by atoms with van der Waals surface area (Å²) in [7, 11) is 0. The second-order valence-electron chi connectivity index (χ2n) is 3.38. The van der Waals surface area contributed by atoms with Crippen LogP contribution >= 0.6 is 11.6 Å². The molecule has 0 fully saturated rings. The zero-order valence-corrected chi connectivity index (χ0v) is 9.70. The fourth-order valence-electron chi connectivity index (χ4n) is 1.31. The minimum absolute atomic E-state index is 0.288. The van der Waals surface area contributed by atoms with Gasteiger partial charge in [0.15, 0.2) is 5.22 Å². The molecule has 0 radical (unpaired) electrons. The minimum Gasteiger partial charge on any atom is -0.448 e. The maximum Gasteiger partial charge on any atom is 0.319 e. The van der Waals surface area contributed by atoms with Crippen molar-refractivity contribution < 1.29 is 9.21 Å². The molecule has 5 heteroatoms.